The molecule has 130 valence electrons. The van der Waals surface area contributed by atoms with Gasteiger partial charge in [0.2, 0.25) is 11.8 Å². The van der Waals surface area contributed by atoms with Crippen molar-refractivity contribution >= 4 is 0 Å². The molecule has 8 heteroatoms. The fraction of sp³-hybridized carbons (Fsp3) is 0.750. The van der Waals surface area contributed by atoms with Gasteiger partial charge in [-0.25, -0.2) is 0 Å². The number of nitrogens with one attached hydrogen (secondary N) is 1. The van der Waals surface area contributed by atoms with Crippen molar-refractivity contribution in [2.75, 3.05) is 13.1 Å². The average molecular weight is 332 g/mol. The zero-order chi connectivity index (χ0) is 16.5. The van der Waals surface area contributed by atoms with Gasteiger partial charge in [-0.05, 0) is 46.1 Å². The van der Waals surface area contributed by atoms with E-state index in [-0.39, 0.29) is 6.04 Å². The normalized spacial score (nSPS) is 23.5. The van der Waals surface area contributed by atoms with E-state index in [0.717, 1.165) is 44.2 Å². The summed E-state index contributed by atoms with van der Waals surface area (Å²) in [6.45, 7) is 6.68. The lowest BCUT2D eigenvalue weighted by Crippen LogP contribution is -2.46. The molecule has 1 aliphatic heterocycles. The van der Waals surface area contributed by atoms with E-state index in [9.17, 15) is 0 Å². The van der Waals surface area contributed by atoms with Crippen LogP contribution in [0.15, 0.2) is 9.05 Å². The van der Waals surface area contributed by atoms with Gasteiger partial charge in [0.15, 0.2) is 11.6 Å². The highest BCUT2D eigenvalue weighted by Crippen LogP contribution is 2.38. The summed E-state index contributed by atoms with van der Waals surface area (Å²) >= 11 is 0. The second-order valence-corrected chi connectivity index (χ2v) is 6.97. The van der Waals surface area contributed by atoms with Crippen molar-refractivity contribution < 1.29 is 9.05 Å². The summed E-state index contributed by atoms with van der Waals surface area (Å²) in [4.78, 5) is 11.2. The number of aryl methyl sites for hydroxylation is 1. The molecular weight excluding hydrogens is 308 g/mol. The van der Waals surface area contributed by atoms with Crippen LogP contribution < -0.4 is 5.32 Å². The second-order valence-electron chi connectivity index (χ2n) is 6.97. The minimum Gasteiger partial charge on any atom is -0.339 e. The van der Waals surface area contributed by atoms with Crippen LogP contribution in [0.5, 0.6) is 0 Å². The minimum atomic E-state index is 0.0581. The van der Waals surface area contributed by atoms with E-state index < -0.39 is 0 Å². The summed E-state index contributed by atoms with van der Waals surface area (Å²) < 4.78 is 10.6. The Labute approximate surface area is 141 Å². The summed E-state index contributed by atoms with van der Waals surface area (Å²) in [5.74, 6) is 3.46. The van der Waals surface area contributed by atoms with Crippen LogP contribution in [0.3, 0.4) is 0 Å². The standard InChI is InChI=1S/C16H24N6O2/c1-10(15-18-11(2)20-23-15)17-13-4-3-7-22(8-13)9-14-19-16(24-21-14)12-5-6-12/h10,12-13,17H,3-9H2,1-2H3/t10-,13-/m1/s1. The molecule has 0 aromatic carbocycles. The van der Waals surface area contributed by atoms with Gasteiger partial charge in [0, 0.05) is 18.5 Å². The lowest BCUT2D eigenvalue weighted by atomic mass is 10.0. The molecule has 1 N–H and O–H groups in total. The molecule has 2 aromatic heterocycles. The van der Waals surface area contributed by atoms with Gasteiger partial charge < -0.3 is 14.4 Å². The Morgan fingerprint density at radius 3 is 2.83 bits per heavy atom. The summed E-state index contributed by atoms with van der Waals surface area (Å²) in [6, 6.07) is 0.457. The molecule has 2 atom stereocenters. The lowest BCUT2D eigenvalue weighted by Gasteiger charge is -2.33. The van der Waals surface area contributed by atoms with Crippen molar-refractivity contribution in [3.05, 3.63) is 23.4 Å². The predicted molar refractivity (Wildman–Crippen MR) is 85.2 cm³/mol. The van der Waals surface area contributed by atoms with E-state index in [2.05, 4.69) is 37.4 Å². The molecule has 0 bridgehead atoms. The molecular formula is C16H24N6O2. The van der Waals surface area contributed by atoms with Crippen LogP contribution in [-0.2, 0) is 6.54 Å². The first kappa shape index (κ1) is 15.7. The third kappa shape index (κ3) is 3.64. The maximum atomic E-state index is 5.35. The molecule has 0 spiro atoms. The van der Waals surface area contributed by atoms with Crippen LogP contribution in [0.1, 0.15) is 68.0 Å². The smallest absolute Gasteiger partial charge is 0.243 e. The maximum Gasteiger partial charge on any atom is 0.243 e. The SMILES string of the molecule is Cc1noc([C@@H](C)N[C@@H]2CCCN(Cc3noc(C4CC4)n3)C2)n1. The largest absolute Gasteiger partial charge is 0.339 e. The first-order chi connectivity index (χ1) is 11.7. The molecule has 8 nitrogen and oxygen atoms in total. The van der Waals surface area contributed by atoms with Gasteiger partial charge in [-0.15, -0.1) is 0 Å². The molecule has 0 amide bonds. The molecule has 2 fully saturated rings. The number of rotatable bonds is 6. The maximum absolute atomic E-state index is 5.35. The van der Waals surface area contributed by atoms with E-state index in [1.165, 1.54) is 12.8 Å². The Morgan fingerprint density at radius 1 is 1.21 bits per heavy atom. The Balaban J connectivity index is 1.31. The van der Waals surface area contributed by atoms with Crippen LogP contribution in [0, 0.1) is 6.92 Å². The first-order valence-corrected chi connectivity index (χ1v) is 8.78. The quantitative estimate of drug-likeness (QED) is 0.858. The highest BCUT2D eigenvalue weighted by molar-refractivity contribution is 5.02. The first-order valence-electron chi connectivity index (χ1n) is 8.78. The van der Waals surface area contributed by atoms with E-state index in [0.29, 0.717) is 23.7 Å². The van der Waals surface area contributed by atoms with Crippen molar-refractivity contribution in [2.24, 2.45) is 0 Å². The van der Waals surface area contributed by atoms with Crippen LogP contribution in [-0.4, -0.2) is 44.3 Å². The van der Waals surface area contributed by atoms with Gasteiger partial charge in [0.05, 0.1) is 12.6 Å². The summed E-state index contributed by atoms with van der Waals surface area (Å²) in [6.07, 6.45) is 4.67. The Bertz CT molecular complexity index is 680. The fourth-order valence-electron chi connectivity index (χ4n) is 3.28. The number of aromatic nitrogens is 4. The summed E-state index contributed by atoms with van der Waals surface area (Å²) in [5.41, 5.74) is 0. The molecule has 1 aliphatic carbocycles. The topological polar surface area (TPSA) is 93.1 Å². The molecule has 1 saturated carbocycles. The number of hydrogen-bond acceptors (Lipinski definition) is 8. The van der Waals surface area contributed by atoms with Crippen LogP contribution in [0.4, 0.5) is 0 Å². The zero-order valence-corrected chi connectivity index (χ0v) is 14.2. The summed E-state index contributed by atoms with van der Waals surface area (Å²) in [5, 5.41) is 11.6. The zero-order valence-electron chi connectivity index (χ0n) is 14.2. The van der Waals surface area contributed by atoms with Crippen LogP contribution >= 0.6 is 0 Å². The van der Waals surface area contributed by atoms with Gasteiger partial charge in [-0.1, -0.05) is 10.3 Å². The molecule has 24 heavy (non-hydrogen) atoms. The van der Waals surface area contributed by atoms with E-state index in [1.54, 1.807) is 0 Å². The molecule has 0 unspecified atom stereocenters. The van der Waals surface area contributed by atoms with Gasteiger partial charge in [0.1, 0.15) is 0 Å². The van der Waals surface area contributed by atoms with Gasteiger partial charge >= 0.3 is 0 Å². The Hall–Kier alpha value is -1.80. The second kappa shape index (κ2) is 6.60. The van der Waals surface area contributed by atoms with Crippen LogP contribution in [0.25, 0.3) is 0 Å². The van der Waals surface area contributed by atoms with Crippen molar-refractivity contribution in [1.82, 2.24) is 30.5 Å². The van der Waals surface area contributed by atoms with Gasteiger partial charge in [0.25, 0.3) is 0 Å². The third-order valence-electron chi connectivity index (χ3n) is 4.68. The van der Waals surface area contributed by atoms with Crippen molar-refractivity contribution in [1.29, 1.82) is 0 Å². The molecule has 2 aromatic rings. The van der Waals surface area contributed by atoms with Gasteiger partial charge in [-0.2, -0.15) is 9.97 Å². The van der Waals surface area contributed by atoms with E-state index in [4.69, 9.17) is 9.05 Å². The molecule has 4 rings (SSSR count). The Morgan fingerprint density at radius 2 is 2.08 bits per heavy atom. The fourth-order valence-corrected chi connectivity index (χ4v) is 3.28. The van der Waals surface area contributed by atoms with E-state index >= 15 is 0 Å². The third-order valence-corrected chi connectivity index (χ3v) is 4.68. The molecule has 1 saturated heterocycles. The lowest BCUT2D eigenvalue weighted by molar-refractivity contribution is 0.167. The monoisotopic (exact) mass is 332 g/mol. The predicted octanol–water partition coefficient (Wildman–Crippen LogP) is 1.95. The van der Waals surface area contributed by atoms with Crippen molar-refractivity contribution in [3.8, 4) is 0 Å². The highest BCUT2D eigenvalue weighted by Gasteiger charge is 2.30. The number of hydrogen-bond donors (Lipinski definition) is 1. The highest BCUT2D eigenvalue weighted by atomic mass is 16.5. The Kier molecular flexibility index (Phi) is 4.32. The molecule has 3 heterocycles. The molecule has 0 radical (unpaired) electrons. The number of piperidine rings is 1. The van der Waals surface area contributed by atoms with Gasteiger partial charge in [-0.3, -0.25) is 4.90 Å². The van der Waals surface area contributed by atoms with Crippen molar-refractivity contribution in [2.45, 2.75) is 64.1 Å². The average Bonchev–Trinajstić information content (AvgIpc) is 3.16. The summed E-state index contributed by atoms with van der Waals surface area (Å²) in [7, 11) is 0. The minimum absolute atomic E-state index is 0.0581. The number of likely N-dealkylation sites (tertiary alicyclic amines) is 1. The number of nitrogens with zero attached hydrogens (tertiary/aromatic N) is 5. The van der Waals surface area contributed by atoms with E-state index in [1.807, 2.05) is 6.92 Å². The van der Waals surface area contributed by atoms with Crippen molar-refractivity contribution in [3.63, 3.8) is 0 Å². The molecule has 2 aliphatic rings. The van der Waals surface area contributed by atoms with Crippen LogP contribution in [0.2, 0.25) is 0 Å².